The van der Waals surface area contributed by atoms with Crippen molar-refractivity contribution in [1.29, 1.82) is 0 Å². The summed E-state index contributed by atoms with van der Waals surface area (Å²) in [6.07, 6.45) is 0. The first-order chi connectivity index (χ1) is 17.0. The molecule has 3 heterocycles. The van der Waals surface area contributed by atoms with Crippen molar-refractivity contribution < 1.29 is 13.9 Å². The van der Waals surface area contributed by atoms with Crippen LogP contribution in [0.4, 0.5) is 10.2 Å². The third kappa shape index (κ3) is 4.44. The molecule has 1 fully saturated rings. The number of hydrogen-bond donors (Lipinski definition) is 0. The maximum absolute atomic E-state index is 13.6. The predicted octanol–water partition coefficient (Wildman–Crippen LogP) is 4.03. The highest BCUT2D eigenvalue weighted by Gasteiger charge is 2.27. The highest BCUT2D eigenvalue weighted by atomic mass is 35.5. The Bertz CT molecular complexity index is 1400. The van der Waals surface area contributed by atoms with Crippen LogP contribution in [0.25, 0.3) is 16.7 Å². The first-order valence-electron chi connectivity index (χ1n) is 11.3. The molecule has 4 aromatic rings. The van der Waals surface area contributed by atoms with E-state index >= 15 is 0 Å². The zero-order valence-electron chi connectivity index (χ0n) is 19.4. The second-order valence-electron chi connectivity index (χ2n) is 8.33. The largest absolute Gasteiger partial charge is 0.377 e. The van der Waals surface area contributed by atoms with Crippen molar-refractivity contribution in [2.75, 3.05) is 38.2 Å². The molecule has 0 spiro atoms. The van der Waals surface area contributed by atoms with Gasteiger partial charge in [0, 0.05) is 38.9 Å². The molecule has 2 aromatic heterocycles. The molecule has 0 radical (unpaired) electrons. The van der Waals surface area contributed by atoms with Crippen LogP contribution in [-0.4, -0.2) is 63.8 Å². The van der Waals surface area contributed by atoms with Crippen molar-refractivity contribution in [3.05, 3.63) is 76.5 Å². The lowest BCUT2D eigenvalue weighted by atomic mass is 10.1. The van der Waals surface area contributed by atoms with Gasteiger partial charge in [-0.15, -0.1) is 0 Å². The van der Waals surface area contributed by atoms with Gasteiger partial charge in [0.1, 0.15) is 18.2 Å². The molecular weight excluding hydrogens is 471 g/mol. The van der Waals surface area contributed by atoms with Crippen molar-refractivity contribution in [3.63, 3.8) is 0 Å². The molecule has 2 aromatic carbocycles. The Balaban J connectivity index is 1.49. The molecule has 35 heavy (non-hydrogen) atoms. The minimum atomic E-state index is -0.422. The summed E-state index contributed by atoms with van der Waals surface area (Å²) in [4.78, 5) is 26.3. The normalized spacial score (nSPS) is 14.1. The summed E-state index contributed by atoms with van der Waals surface area (Å²) in [5, 5.41) is 6.12. The van der Waals surface area contributed by atoms with Crippen LogP contribution >= 0.6 is 11.6 Å². The monoisotopic (exact) mass is 494 g/mol. The van der Waals surface area contributed by atoms with E-state index in [9.17, 15) is 9.18 Å². The number of piperazine rings is 1. The van der Waals surface area contributed by atoms with Gasteiger partial charge in [-0.1, -0.05) is 29.8 Å². The number of anilines is 1. The number of para-hydroxylation sites is 1. The van der Waals surface area contributed by atoms with Crippen LogP contribution in [0, 0.1) is 12.7 Å². The standard InChI is InChI=1S/C25H24ClFN6O2/c1-16-22-23(31-10-12-32(13-11-31)25(34)17-6-5-7-18(27)14-17)28-21(15-35-2)29-24(22)33(30-16)20-9-4-3-8-19(20)26/h3-9,14H,10-13,15H2,1-2H3. The SMILES string of the molecule is COCc1nc(N2CCN(C(=O)c3cccc(F)c3)CC2)c2c(C)nn(-c3ccccc3Cl)c2n1. The molecule has 1 aliphatic rings. The Labute approximate surface area is 206 Å². The fourth-order valence-corrected chi connectivity index (χ4v) is 4.56. The van der Waals surface area contributed by atoms with E-state index in [-0.39, 0.29) is 12.5 Å². The molecule has 0 saturated carbocycles. The fourth-order valence-electron chi connectivity index (χ4n) is 4.34. The molecule has 0 unspecified atom stereocenters. The van der Waals surface area contributed by atoms with Gasteiger partial charge in [-0.25, -0.2) is 19.0 Å². The number of carbonyl (C=O) groups excluding carboxylic acids is 1. The number of halogens is 2. The zero-order chi connectivity index (χ0) is 24.5. The lowest BCUT2D eigenvalue weighted by Gasteiger charge is -2.35. The number of methoxy groups -OCH3 is 1. The summed E-state index contributed by atoms with van der Waals surface area (Å²) in [7, 11) is 1.60. The van der Waals surface area contributed by atoms with E-state index in [1.807, 2.05) is 31.2 Å². The third-order valence-electron chi connectivity index (χ3n) is 6.02. The number of benzene rings is 2. The van der Waals surface area contributed by atoms with Crippen LogP contribution < -0.4 is 4.90 Å². The quantitative estimate of drug-likeness (QED) is 0.417. The van der Waals surface area contributed by atoms with Gasteiger partial charge in [-0.05, 0) is 37.3 Å². The van der Waals surface area contributed by atoms with E-state index in [1.54, 1.807) is 28.8 Å². The van der Waals surface area contributed by atoms with Gasteiger partial charge in [0.05, 0.1) is 21.8 Å². The third-order valence-corrected chi connectivity index (χ3v) is 6.34. The number of aromatic nitrogens is 4. The molecule has 10 heteroatoms. The molecule has 1 aliphatic heterocycles. The van der Waals surface area contributed by atoms with Crippen molar-refractivity contribution in [2.24, 2.45) is 0 Å². The number of rotatable bonds is 5. The van der Waals surface area contributed by atoms with E-state index < -0.39 is 5.82 Å². The van der Waals surface area contributed by atoms with Crippen LogP contribution in [0.5, 0.6) is 0 Å². The number of carbonyl (C=O) groups is 1. The number of hydrogen-bond acceptors (Lipinski definition) is 6. The average molecular weight is 495 g/mol. The van der Waals surface area contributed by atoms with E-state index in [0.717, 1.165) is 22.6 Å². The van der Waals surface area contributed by atoms with Crippen LogP contribution in [0.1, 0.15) is 21.9 Å². The molecule has 0 bridgehead atoms. The molecule has 1 amide bonds. The summed E-state index contributed by atoms with van der Waals surface area (Å²) in [6, 6.07) is 13.3. The molecule has 0 N–H and O–H groups in total. The summed E-state index contributed by atoms with van der Waals surface area (Å²) >= 11 is 6.46. The predicted molar refractivity (Wildman–Crippen MR) is 132 cm³/mol. The van der Waals surface area contributed by atoms with E-state index in [1.165, 1.54) is 12.1 Å². The van der Waals surface area contributed by atoms with Crippen molar-refractivity contribution >= 4 is 34.4 Å². The van der Waals surface area contributed by atoms with Gasteiger partial charge in [-0.2, -0.15) is 5.10 Å². The molecule has 5 rings (SSSR count). The van der Waals surface area contributed by atoms with Gasteiger partial charge in [0.15, 0.2) is 11.5 Å². The van der Waals surface area contributed by atoms with Gasteiger partial charge < -0.3 is 14.5 Å². The van der Waals surface area contributed by atoms with Crippen molar-refractivity contribution in [2.45, 2.75) is 13.5 Å². The highest BCUT2D eigenvalue weighted by molar-refractivity contribution is 6.32. The summed E-state index contributed by atoms with van der Waals surface area (Å²) in [6.45, 7) is 4.26. The van der Waals surface area contributed by atoms with Gasteiger partial charge in [0.25, 0.3) is 5.91 Å². The second-order valence-corrected chi connectivity index (χ2v) is 8.74. The van der Waals surface area contributed by atoms with Crippen LogP contribution in [0.2, 0.25) is 5.02 Å². The number of amides is 1. The lowest BCUT2D eigenvalue weighted by molar-refractivity contribution is 0.0746. The van der Waals surface area contributed by atoms with Crippen molar-refractivity contribution in [1.82, 2.24) is 24.6 Å². The first kappa shape index (κ1) is 23.2. The Morgan fingerprint density at radius 2 is 1.86 bits per heavy atom. The minimum absolute atomic E-state index is 0.181. The molecule has 1 saturated heterocycles. The van der Waals surface area contributed by atoms with Crippen LogP contribution in [0.15, 0.2) is 48.5 Å². The maximum atomic E-state index is 13.6. The lowest BCUT2D eigenvalue weighted by Crippen LogP contribution is -2.49. The van der Waals surface area contributed by atoms with E-state index in [0.29, 0.717) is 48.2 Å². The molecule has 8 nitrogen and oxygen atoms in total. The van der Waals surface area contributed by atoms with E-state index in [4.69, 9.17) is 31.4 Å². The number of nitrogens with zero attached hydrogens (tertiary/aromatic N) is 6. The average Bonchev–Trinajstić information content (AvgIpc) is 3.20. The Morgan fingerprint density at radius 1 is 1.09 bits per heavy atom. The van der Waals surface area contributed by atoms with Crippen LogP contribution in [-0.2, 0) is 11.3 Å². The smallest absolute Gasteiger partial charge is 0.254 e. The highest BCUT2D eigenvalue weighted by Crippen LogP contribution is 2.31. The second kappa shape index (κ2) is 9.59. The minimum Gasteiger partial charge on any atom is -0.377 e. The number of aryl methyl sites for hydroxylation is 1. The molecular formula is C25H24ClFN6O2. The molecule has 0 aliphatic carbocycles. The van der Waals surface area contributed by atoms with Gasteiger partial charge in [0.2, 0.25) is 0 Å². The Hall–Kier alpha value is -3.56. The Morgan fingerprint density at radius 3 is 2.57 bits per heavy atom. The first-order valence-corrected chi connectivity index (χ1v) is 11.6. The van der Waals surface area contributed by atoms with Gasteiger partial charge >= 0.3 is 0 Å². The van der Waals surface area contributed by atoms with E-state index in [2.05, 4.69) is 4.90 Å². The summed E-state index contributed by atoms with van der Waals surface area (Å²) in [5.74, 6) is 0.673. The molecule has 180 valence electrons. The maximum Gasteiger partial charge on any atom is 0.254 e. The topological polar surface area (TPSA) is 76.4 Å². The fraction of sp³-hybridized carbons (Fsp3) is 0.280. The molecule has 0 atom stereocenters. The number of fused-ring (bicyclic) bond motifs is 1. The van der Waals surface area contributed by atoms with Gasteiger partial charge in [-0.3, -0.25) is 4.79 Å². The van der Waals surface area contributed by atoms with Crippen LogP contribution in [0.3, 0.4) is 0 Å². The zero-order valence-corrected chi connectivity index (χ0v) is 20.2. The summed E-state index contributed by atoms with van der Waals surface area (Å²) in [5.41, 5.74) is 2.50. The summed E-state index contributed by atoms with van der Waals surface area (Å²) < 4.78 is 20.7. The van der Waals surface area contributed by atoms with Crippen molar-refractivity contribution in [3.8, 4) is 5.69 Å². The number of ether oxygens (including phenoxy) is 1. The Kier molecular flexibility index (Phi) is 6.36.